The Bertz CT molecular complexity index is 1080. The third-order valence-electron chi connectivity index (χ3n) is 8.02. The average Bonchev–Trinajstić information content (AvgIpc) is 3.24. The van der Waals surface area contributed by atoms with Gasteiger partial charge in [0.1, 0.15) is 11.6 Å². The Kier molecular flexibility index (Phi) is 49.8. The van der Waals surface area contributed by atoms with E-state index >= 15 is 0 Å². The Labute approximate surface area is 377 Å². The number of hydrogen-bond acceptors (Lipinski definition) is 17. The smallest absolute Gasteiger partial charge is 0.222 e. The SMILES string of the molecule is CC(=O)CCOCCOCCNC(=O)CCOCCOCCNC(=O)CCOCCOCCNC(C)C.CNCCOCCOCCC(=O)NCCOCCOCCC(=O)C(C)C. The molecule has 0 atom stereocenters. The number of nitrogens with one attached hydrogen (secondary N) is 5. The van der Waals surface area contributed by atoms with E-state index in [0.29, 0.717) is 183 Å². The number of ether oxygens (including phenoxy) is 10. The summed E-state index contributed by atoms with van der Waals surface area (Å²) in [6, 6.07) is 0.448. The van der Waals surface area contributed by atoms with E-state index in [9.17, 15) is 24.0 Å². The molecule has 0 spiro atoms. The van der Waals surface area contributed by atoms with Crippen molar-refractivity contribution in [1.29, 1.82) is 0 Å². The quantitative estimate of drug-likeness (QED) is 0.0522. The highest BCUT2D eigenvalue weighted by Crippen LogP contribution is 1.98. The van der Waals surface area contributed by atoms with Crippen molar-refractivity contribution in [2.24, 2.45) is 5.92 Å². The van der Waals surface area contributed by atoms with Crippen molar-refractivity contribution >= 4 is 29.3 Å². The largest absolute Gasteiger partial charge is 0.379 e. The zero-order chi connectivity index (χ0) is 46.9. The molecule has 5 N–H and O–H groups in total. The maximum Gasteiger partial charge on any atom is 0.222 e. The standard InChI is InChI=1S/C25H49N3O9.C18H36N2O6/c1-22(2)26-7-13-35-20-17-33-11-5-24(30)28-9-15-37-21-18-34-12-6-25(31)27-8-14-36-19-16-32-10-4-23(3)29;1-16(2)17(21)4-8-23-12-15-26-11-7-20-18(22)5-9-24-13-14-25-10-6-19-3/h22,26H,4-21H2,1-3H3,(H,27,31)(H,28,30);16,19H,4-15H2,1-3H3,(H,20,22). The first-order valence-corrected chi connectivity index (χ1v) is 22.5. The number of ketones is 2. The molecule has 20 nitrogen and oxygen atoms in total. The lowest BCUT2D eigenvalue weighted by Gasteiger charge is -2.09. The molecule has 0 saturated carbocycles. The van der Waals surface area contributed by atoms with Gasteiger partial charge in [0.2, 0.25) is 17.7 Å². The van der Waals surface area contributed by atoms with Crippen molar-refractivity contribution in [2.75, 3.05) is 172 Å². The monoisotopic (exact) mass is 912 g/mol. The Hall–Kier alpha value is -2.73. The minimum atomic E-state index is -0.111. The highest BCUT2D eigenvalue weighted by molar-refractivity contribution is 5.80. The summed E-state index contributed by atoms with van der Waals surface area (Å²) in [4.78, 5) is 57.1. The normalized spacial score (nSPS) is 11.1. The summed E-state index contributed by atoms with van der Waals surface area (Å²) in [6.45, 7) is 21.2. The molecule has 0 fully saturated rings. The fourth-order valence-electron chi connectivity index (χ4n) is 4.43. The van der Waals surface area contributed by atoms with Crippen LogP contribution in [0.15, 0.2) is 0 Å². The molecule has 0 aliphatic carbocycles. The van der Waals surface area contributed by atoms with Gasteiger partial charge in [-0.3, -0.25) is 24.0 Å². The van der Waals surface area contributed by atoms with E-state index in [0.717, 1.165) is 13.1 Å². The van der Waals surface area contributed by atoms with Crippen LogP contribution >= 0.6 is 0 Å². The zero-order valence-corrected chi connectivity index (χ0v) is 39.5. The van der Waals surface area contributed by atoms with Crippen LogP contribution in [0.25, 0.3) is 0 Å². The summed E-state index contributed by atoms with van der Waals surface area (Å²) >= 11 is 0. The van der Waals surface area contributed by atoms with Gasteiger partial charge in [0, 0.05) is 76.8 Å². The molecule has 0 aromatic carbocycles. The second-order valence-electron chi connectivity index (χ2n) is 14.5. The fraction of sp³-hybridized carbons (Fsp3) is 0.884. The predicted octanol–water partition coefficient (Wildman–Crippen LogP) is 0.469. The highest BCUT2D eigenvalue weighted by atomic mass is 16.5. The van der Waals surface area contributed by atoms with Crippen LogP contribution in [0.5, 0.6) is 0 Å². The van der Waals surface area contributed by atoms with Gasteiger partial charge in [-0.15, -0.1) is 0 Å². The van der Waals surface area contributed by atoms with Crippen LogP contribution < -0.4 is 26.6 Å². The lowest BCUT2D eigenvalue weighted by Crippen LogP contribution is -2.29. The molecule has 0 aliphatic rings. The molecule has 20 heteroatoms. The van der Waals surface area contributed by atoms with Gasteiger partial charge in [-0.25, -0.2) is 0 Å². The molecule has 0 unspecified atom stereocenters. The summed E-state index contributed by atoms with van der Waals surface area (Å²) < 4.78 is 53.4. The molecule has 0 aliphatic heterocycles. The zero-order valence-electron chi connectivity index (χ0n) is 39.5. The van der Waals surface area contributed by atoms with Crippen LogP contribution in [0.2, 0.25) is 0 Å². The number of amides is 3. The van der Waals surface area contributed by atoms with Gasteiger partial charge < -0.3 is 74.0 Å². The number of carbonyl (C=O) groups excluding carboxylic acids is 5. The summed E-state index contributed by atoms with van der Waals surface area (Å²) in [5.41, 5.74) is 0. The molecule has 0 saturated heterocycles. The average molecular weight is 912 g/mol. The van der Waals surface area contributed by atoms with Crippen molar-refractivity contribution in [2.45, 2.75) is 72.8 Å². The topological polar surface area (TPSA) is 238 Å². The maximum atomic E-state index is 11.7. The molecule has 63 heavy (non-hydrogen) atoms. The molecular weight excluding hydrogens is 826 g/mol. The first-order chi connectivity index (χ1) is 30.5. The van der Waals surface area contributed by atoms with E-state index in [1.165, 1.54) is 6.92 Å². The van der Waals surface area contributed by atoms with E-state index in [-0.39, 0.29) is 41.6 Å². The minimum Gasteiger partial charge on any atom is -0.379 e. The fourth-order valence-corrected chi connectivity index (χ4v) is 4.43. The molecule has 372 valence electrons. The summed E-state index contributed by atoms with van der Waals surface area (Å²) in [5.74, 6) is 0.103. The maximum absolute atomic E-state index is 11.7. The van der Waals surface area contributed by atoms with Crippen LogP contribution in [0.3, 0.4) is 0 Å². The lowest BCUT2D eigenvalue weighted by atomic mass is 10.1. The Balaban J connectivity index is 0. The van der Waals surface area contributed by atoms with Crippen molar-refractivity contribution in [3.8, 4) is 0 Å². The van der Waals surface area contributed by atoms with Gasteiger partial charge in [0.15, 0.2) is 0 Å². The third-order valence-corrected chi connectivity index (χ3v) is 8.02. The van der Waals surface area contributed by atoms with Crippen LogP contribution in [-0.2, 0) is 71.3 Å². The van der Waals surface area contributed by atoms with Gasteiger partial charge in [-0.2, -0.15) is 0 Å². The number of rotatable bonds is 47. The second kappa shape index (κ2) is 50.3. The van der Waals surface area contributed by atoms with Gasteiger partial charge in [-0.05, 0) is 14.0 Å². The van der Waals surface area contributed by atoms with Crippen LogP contribution in [0.4, 0.5) is 0 Å². The Morgan fingerprint density at radius 1 is 0.365 bits per heavy atom. The molecule has 0 aromatic rings. The van der Waals surface area contributed by atoms with Crippen LogP contribution in [0, 0.1) is 5.92 Å². The first kappa shape index (κ1) is 62.4. The van der Waals surface area contributed by atoms with Gasteiger partial charge >= 0.3 is 0 Å². The lowest BCUT2D eigenvalue weighted by molar-refractivity contribution is -0.123. The number of hydrogen-bond donors (Lipinski definition) is 5. The molecular formula is C43H85N5O15. The number of carbonyl (C=O) groups is 5. The minimum absolute atomic E-state index is 0.0561. The van der Waals surface area contributed by atoms with E-state index in [1.807, 2.05) is 20.9 Å². The van der Waals surface area contributed by atoms with E-state index in [4.69, 9.17) is 47.4 Å². The van der Waals surface area contributed by atoms with Gasteiger partial charge in [0.05, 0.1) is 132 Å². The van der Waals surface area contributed by atoms with Crippen molar-refractivity contribution in [1.82, 2.24) is 26.6 Å². The van der Waals surface area contributed by atoms with Crippen LogP contribution in [0.1, 0.15) is 66.7 Å². The van der Waals surface area contributed by atoms with Gasteiger partial charge in [0.25, 0.3) is 0 Å². The molecule has 0 rings (SSSR count). The second-order valence-corrected chi connectivity index (χ2v) is 14.5. The first-order valence-electron chi connectivity index (χ1n) is 22.5. The van der Waals surface area contributed by atoms with E-state index < -0.39 is 0 Å². The highest BCUT2D eigenvalue weighted by Gasteiger charge is 2.07. The van der Waals surface area contributed by atoms with E-state index in [2.05, 4.69) is 40.4 Å². The number of likely N-dealkylation sites (N-methyl/N-ethyl adjacent to an activating group) is 1. The summed E-state index contributed by atoms with van der Waals surface area (Å²) in [6.07, 6.45) is 1.73. The van der Waals surface area contributed by atoms with Crippen molar-refractivity contribution < 1.29 is 71.3 Å². The van der Waals surface area contributed by atoms with Gasteiger partial charge in [-0.1, -0.05) is 27.7 Å². The number of Topliss-reactive ketones (excluding diaryl/α,β-unsaturated/α-hetero) is 2. The third kappa shape index (κ3) is 55.3. The van der Waals surface area contributed by atoms with E-state index in [1.54, 1.807) is 0 Å². The predicted molar refractivity (Wildman–Crippen MR) is 238 cm³/mol. The molecule has 3 amide bonds. The van der Waals surface area contributed by atoms with Crippen molar-refractivity contribution in [3.05, 3.63) is 0 Å². The summed E-state index contributed by atoms with van der Waals surface area (Å²) in [7, 11) is 1.87. The van der Waals surface area contributed by atoms with Crippen LogP contribution in [-0.4, -0.2) is 207 Å². The Morgan fingerprint density at radius 2 is 0.651 bits per heavy atom. The Morgan fingerprint density at radius 3 is 0.952 bits per heavy atom. The molecule has 0 heterocycles. The summed E-state index contributed by atoms with van der Waals surface area (Å²) in [5, 5.41) is 14.5. The van der Waals surface area contributed by atoms with Crippen molar-refractivity contribution in [3.63, 3.8) is 0 Å². The molecule has 0 radical (unpaired) electrons. The molecule has 0 aromatic heterocycles. The molecule has 0 bridgehead atoms.